The lowest BCUT2D eigenvalue weighted by Gasteiger charge is -2.13. The highest BCUT2D eigenvalue weighted by molar-refractivity contribution is 5.49. The molecule has 0 spiro atoms. The number of nitrogens with zero attached hydrogens (tertiary/aromatic N) is 4. The zero-order valence-corrected chi connectivity index (χ0v) is 13.2. The summed E-state index contributed by atoms with van der Waals surface area (Å²) in [6.07, 6.45) is 4.47. The van der Waals surface area contributed by atoms with Crippen LogP contribution in [-0.4, -0.2) is 26.3 Å². The van der Waals surface area contributed by atoms with E-state index in [4.69, 9.17) is 4.74 Å². The molecule has 2 aromatic rings. The normalized spacial score (nSPS) is 10.7. The molecule has 2 aromatic heterocycles. The first-order valence-electron chi connectivity index (χ1n) is 7.41. The number of ether oxygens (including phenoxy) is 1. The van der Waals surface area contributed by atoms with Crippen molar-refractivity contribution in [3.63, 3.8) is 0 Å². The van der Waals surface area contributed by atoms with Crippen molar-refractivity contribution in [2.24, 2.45) is 7.05 Å². The minimum absolute atomic E-state index is 0.605. The van der Waals surface area contributed by atoms with Gasteiger partial charge in [-0.05, 0) is 19.8 Å². The fraction of sp³-hybridized carbons (Fsp3) is 0.533. The van der Waals surface area contributed by atoms with Gasteiger partial charge in [0.15, 0.2) is 0 Å². The Bertz CT molecular complexity index is 594. The Morgan fingerprint density at radius 1 is 1.24 bits per heavy atom. The molecule has 0 amide bonds. The maximum Gasteiger partial charge on any atom is 0.229 e. The molecule has 0 bridgehead atoms. The first-order valence-corrected chi connectivity index (χ1v) is 7.41. The van der Waals surface area contributed by atoms with Crippen LogP contribution in [-0.2, 0) is 13.5 Å². The SMILES string of the molecule is CCCNc1ncnc(Oc2cc(C)nn2C)c1CCC. The van der Waals surface area contributed by atoms with Crippen molar-refractivity contribution in [2.45, 2.75) is 40.0 Å². The summed E-state index contributed by atoms with van der Waals surface area (Å²) in [7, 11) is 1.86. The molecule has 0 fully saturated rings. The fourth-order valence-corrected chi connectivity index (χ4v) is 2.14. The third kappa shape index (κ3) is 3.71. The molecule has 21 heavy (non-hydrogen) atoms. The molecule has 1 N–H and O–H groups in total. The number of aryl methyl sites for hydroxylation is 2. The number of hydrogen-bond donors (Lipinski definition) is 1. The van der Waals surface area contributed by atoms with E-state index in [9.17, 15) is 0 Å². The lowest BCUT2D eigenvalue weighted by atomic mass is 10.1. The number of aromatic nitrogens is 4. The maximum atomic E-state index is 5.94. The second-order valence-electron chi connectivity index (χ2n) is 5.03. The average Bonchev–Trinajstić information content (AvgIpc) is 2.77. The van der Waals surface area contributed by atoms with Crippen molar-refractivity contribution in [2.75, 3.05) is 11.9 Å². The van der Waals surface area contributed by atoms with Crippen LogP contribution in [0.5, 0.6) is 11.8 Å². The molecule has 0 atom stereocenters. The van der Waals surface area contributed by atoms with Crippen LogP contribution in [0.4, 0.5) is 5.82 Å². The Labute approximate surface area is 125 Å². The van der Waals surface area contributed by atoms with Gasteiger partial charge in [0.1, 0.15) is 12.1 Å². The Morgan fingerprint density at radius 2 is 2.05 bits per heavy atom. The minimum Gasteiger partial charge on any atom is -0.420 e. The van der Waals surface area contributed by atoms with Gasteiger partial charge in [0.25, 0.3) is 0 Å². The van der Waals surface area contributed by atoms with Gasteiger partial charge in [-0.15, -0.1) is 0 Å². The molecular formula is C15H23N5O. The third-order valence-corrected chi connectivity index (χ3v) is 3.11. The molecule has 2 rings (SSSR count). The summed E-state index contributed by atoms with van der Waals surface area (Å²) >= 11 is 0. The quantitative estimate of drug-likeness (QED) is 0.848. The molecule has 6 heteroatoms. The van der Waals surface area contributed by atoms with Gasteiger partial charge < -0.3 is 10.1 Å². The smallest absolute Gasteiger partial charge is 0.229 e. The Hall–Kier alpha value is -2.11. The summed E-state index contributed by atoms with van der Waals surface area (Å²) < 4.78 is 7.66. The van der Waals surface area contributed by atoms with Gasteiger partial charge in [-0.3, -0.25) is 0 Å². The van der Waals surface area contributed by atoms with Gasteiger partial charge in [0.05, 0.1) is 11.3 Å². The van der Waals surface area contributed by atoms with Crippen molar-refractivity contribution in [1.82, 2.24) is 19.7 Å². The summed E-state index contributed by atoms with van der Waals surface area (Å²) in [6, 6.07) is 1.90. The van der Waals surface area contributed by atoms with E-state index < -0.39 is 0 Å². The van der Waals surface area contributed by atoms with Crippen molar-refractivity contribution in [1.29, 1.82) is 0 Å². The molecule has 6 nitrogen and oxygen atoms in total. The molecule has 0 aliphatic rings. The van der Waals surface area contributed by atoms with Crippen LogP contribution in [0.25, 0.3) is 0 Å². The van der Waals surface area contributed by atoms with E-state index in [-0.39, 0.29) is 0 Å². The van der Waals surface area contributed by atoms with E-state index in [1.807, 2.05) is 20.0 Å². The summed E-state index contributed by atoms with van der Waals surface area (Å²) in [5.74, 6) is 2.15. The Kier molecular flexibility index (Phi) is 5.14. The number of anilines is 1. The van der Waals surface area contributed by atoms with Crippen LogP contribution in [0.2, 0.25) is 0 Å². The molecule has 0 saturated heterocycles. The van der Waals surface area contributed by atoms with Crippen LogP contribution >= 0.6 is 0 Å². The molecule has 0 saturated carbocycles. The van der Waals surface area contributed by atoms with Gasteiger partial charge in [0, 0.05) is 19.7 Å². The van der Waals surface area contributed by atoms with Crippen molar-refractivity contribution < 1.29 is 4.74 Å². The predicted octanol–water partition coefficient (Wildman–Crippen LogP) is 3.09. The van der Waals surface area contributed by atoms with E-state index in [2.05, 4.69) is 34.2 Å². The van der Waals surface area contributed by atoms with E-state index >= 15 is 0 Å². The maximum absolute atomic E-state index is 5.94. The monoisotopic (exact) mass is 289 g/mol. The fourth-order valence-electron chi connectivity index (χ4n) is 2.14. The minimum atomic E-state index is 0.605. The van der Waals surface area contributed by atoms with E-state index in [1.165, 1.54) is 6.33 Å². The lowest BCUT2D eigenvalue weighted by Crippen LogP contribution is -2.08. The molecule has 114 valence electrons. The van der Waals surface area contributed by atoms with Gasteiger partial charge in [-0.1, -0.05) is 20.3 Å². The van der Waals surface area contributed by atoms with Gasteiger partial charge in [-0.2, -0.15) is 5.10 Å². The van der Waals surface area contributed by atoms with Crippen LogP contribution in [0, 0.1) is 6.92 Å². The van der Waals surface area contributed by atoms with Crippen molar-refractivity contribution >= 4 is 5.82 Å². The second-order valence-corrected chi connectivity index (χ2v) is 5.03. The van der Waals surface area contributed by atoms with Crippen LogP contribution < -0.4 is 10.1 Å². The summed E-state index contributed by atoms with van der Waals surface area (Å²) in [6.45, 7) is 7.09. The Balaban J connectivity index is 2.31. The van der Waals surface area contributed by atoms with Crippen molar-refractivity contribution in [3.05, 3.63) is 23.7 Å². The van der Waals surface area contributed by atoms with Gasteiger partial charge >= 0.3 is 0 Å². The largest absolute Gasteiger partial charge is 0.420 e. The van der Waals surface area contributed by atoms with Crippen LogP contribution in [0.3, 0.4) is 0 Å². The number of hydrogen-bond acceptors (Lipinski definition) is 5. The Morgan fingerprint density at radius 3 is 2.67 bits per heavy atom. The standard InChI is InChI=1S/C15H23N5O/c1-5-7-12-14(16-8-6-2)17-10-18-15(12)21-13-9-11(3)19-20(13)4/h9-10H,5-8H2,1-4H3,(H,16,17,18). The predicted molar refractivity (Wildman–Crippen MR) is 82.8 cm³/mol. The molecule has 0 aromatic carbocycles. The lowest BCUT2D eigenvalue weighted by molar-refractivity contribution is 0.409. The second kappa shape index (κ2) is 7.06. The first kappa shape index (κ1) is 15.3. The summed E-state index contributed by atoms with van der Waals surface area (Å²) in [5, 5.41) is 7.63. The van der Waals surface area contributed by atoms with E-state index in [1.54, 1.807) is 4.68 Å². The van der Waals surface area contributed by atoms with Crippen LogP contribution in [0.15, 0.2) is 12.4 Å². The highest BCUT2D eigenvalue weighted by Crippen LogP contribution is 2.28. The topological polar surface area (TPSA) is 64.9 Å². The van der Waals surface area contributed by atoms with Gasteiger partial charge in [-0.25, -0.2) is 14.6 Å². The van der Waals surface area contributed by atoms with Gasteiger partial charge in [0.2, 0.25) is 11.8 Å². The van der Waals surface area contributed by atoms with Crippen LogP contribution in [0.1, 0.15) is 37.9 Å². The summed E-state index contributed by atoms with van der Waals surface area (Å²) in [4.78, 5) is 8.64. The molecule has 0 aliphatic carbocycles. The van der Waals surface area contributed by atoms with E-state index in [0.717, 1.165) is 42.9 Å². The highest BCUT2D eigenvalue weighted by Gasteiger charge is 2.14. The molecular weight excluding hydrogens is 266 g/mol. The molecule has 0 aliphatic heterocycles. The number of rotatable bonds is 7. The highest BCUT2D eigenvalue weighted by atomic mass is 16.5. The third-order valence-electron chi connectivity index (χ3n) is 3.11. The number of nitrogens with one attached hydrogen (secondary N) is 1. The van der Waals surface area contributed by atoms with E-state index in [0.29, 0.717) is 11.8 Å². The molecule has 0 radical (unpaired) electrons. The molecule has 0 unspecified atom stereocenters. The zero-order valence-electron chi connectivity index (χ0n) is 13.2. The average molecular weight is 289 g/mol. The zero-order chi connectivity index (χ0) is 15.2. The van der Waals surface area contributed by atoms with Crippen molar-refractivity contribution in [3.8, 4) is 11.8 Å². The molecule has 2 heterocycles. The first-order chi connectivity index (χ1) is 10.2. The summed E-state index contributed by atoms with van der Waals surface area (Å²) in [5.41, 5.74) is 1.94.